The van der Waals surface area contributed by atoms with E-state index in [9.17, 15) is 10.1 Å². The van der Waals surface area contributed by atoms with Crippen molar-refractivity contribution in [2.24, 2.45) is 5.92 Å². The van der Waals surface area contributed by atoms with Gasteiger partial charge in [-0.3, -0.25) is 15.0 Å². The van der Waals surface area contributed by atoms with Gasteiger partial charge in [0.15, 0.2) is 0 Å². The van der Waals surface area contributed by atoms with Gasteiger partial charge in [-0.25, -0.2) is 0 Å². The van der Waals surface area contributed by atoms with Gasteiger partial charge in [0.25, 0.3) is 5.69 Å². The van der Waals surface area contributed by atoms with E-state index in [4.69, 9.17) is 4.74 Å². The molecule has 1 aromatic carbocycles. The fraction of sp³-hybridized carbons (Fsp3) is 0.600. The standard InChI is InChI=1S/C15H21N3O3/c1-21-15-5-4-13(18(19)20)7-12(15)10-17-6-2-3-11-8-16-9-14(11)17/h4-5,7,11,14,16H,2-3,6,8-10H2,1H3. The topological polar surface area (TPSA) is 67.6 Å². The summed E-state index contributed by atoms with van der Waals surface area (Å²) in [5.41, 5.74) is 1.03. The number of nitrogens with zero attached hydrogens (tertiary/aromatic N) is 2. The number of nitrogens with one attached hydrogen (secondary N) is 1. The number of ether oxygens (including phenoxy) is 1. The Bertz CT molecular complexity index is 535. The summed E-state index contributed by atoms with van der Waals surface area (Å²) < 4.78 is 5.37. The molecule has 0 aromatic heterocycles. The molecule has 1 N–H and O–H groups in total. The fourth-order valence-electron chi connectivity index (χ4n) is 3.58. The third-order valence-corrected chi connectivity index (χ3v) is 4.64. The Balaban J connectivity index is 1.82. The summed E-state index contributed by atoms with van der Waals surface area (Å²) in [5.74, 6) is 1.44. The monoisotopic (exact) mass is 291 g/mol. The van der Waals surface area contributed by atoms with Gasteiger partial charge >= 0.3 is 0 Å². The highest BCUT2D eigenvalue weighted by Gasteiger charge is 2.35. The van der Waals surface area contributed by atoms with Gasteiger partial charge < -0.3 is 10.1 Å². The molecular formula is C15H21N3O3. The average Bonchev–Trinajstić information content (AvgIpc) is 2.96. The smallest absolute Gasteiger partial charge is 0.270 e. The maximum absolute atomic E-state index is 11.0. The van der Waals surface area contributed by atoms with Crippen LogP contribution in [-0.2, 0) is 6.54 Å². The molecule has 0 aliphatic carbocycles. The van der Waals surface area contributed by atoms with Crippen molar-refractivity contribution in [1.82, 2.24) is 10.2 Å². The van der Waals surface area contributed by atoms with Gasteiger partial charge in [0.2, 0.25) is 0 Å². The molecule has 3 rings (SSSR count). The van der Waals surface area contributed by atoms with Crippen molar-refractivity contribution >= 4 is 5.69 Å². The van der Waals surface area contributed by atoms with Crippen LogP contribution in [0.3, 0.4) is 0 Å². The van der Waals surface area contributed by atoms with E-state index in [1.54, 1.807) is 19.2 Å². The predicted molar refractivity (Wildman–Crippen MR) is 79.4 cm³/mol. The molecule has 2 aliphatic rings. The second kappa shape index (κ2) is 5.99. The molecule has 2 atom stereocenters. The number of nitro benzene ring substituents is 1. The fourth-order valence-corrected chi connectivity index (χ4v) is 3.58. The van der Waals surface area contributed by atoms with Crippen LogP contribution in [0, 0.1) is 16.0 Å². The zero-order valence-electron chi connectivity index (χ0n) is 12.2. The molecule has 0 amide bonds. The maximum atomic E-state index is 11.0. The lowest BCUT2D eigenvalue weighted by Gasteiger charge is -2.37. The SMILES string of the molecule is COc1ccc([N+](=O)[O-])cc1CN1CCCC2CNCC21. The highest BCUT2D eigenvalue weighted by molar-refractivity contribution is 5.43. The highest BCUT2D eigenvalue weighted by atomic mass is 16.6. The molecule has 2 saturated heterocycles. The van der Waals surface area contributed by atoms with Crippen LogP contribution in [0.4, 0.5) is 5.69 Å². The number of nitro groups is 1. The summed E-state index contributed by atoms with van der Waals surface area (Å²) in [6.45, 7) is 3.87. The lowest BCUT2D eigenvalue weighted by Crippen LogP contribution is -2.44. The lowest BCUT2D eigenvalue weighted by atomic mass is 9.91. The molecule has 2 heterocycles. The van der Waals surface area contributed by atoms with Gasteiger partial charge in [0.05, 0.1) is 12.0 Å². The molecule has 0 radical (unpaired) electrons. The van der Waals surface area contributed by atoms with Gasteiger partial charge in [-0.15, -0.1) is 0 Å². The molecule has 1 aromatic rings. The summed E-state index contributed by atoms with van der Waals surface area (Å²) in [5, 5.41) is 14.4. The summed E-state index contributed by atoms with van der Waals surface area (Å²) in [4.78, 5) is 13.1. The van der Waals surface area contributed by atoms with E-state index in [2.05, 4.69) is 10.2 Å². The lowest BCUT2D eigenvalue weighted by molar-refractivity contribution is -0.385. The van der Waals surface area contributed by atoms with Crippen molar-refractivity contribution in [3.8, 4) is 5.75 Å². The molecule has 6 heteroatoms. The summed E-state index contributed by atoms with van der Waals surface area (Å²) in [7, 11) is 1.61. The molecule has 0 saturated carbocycles. The first-order valence-electron chi connectivity index (χ1n) is 7.45. The van der Waals surface area contributed by atoms with Crippen LogP contribution in [0.5, 0.6) is 5.75 Å². The van der Waals surface area contributed by atoms with Crippen molar-refractivity contribution in [3.05, 3.63) is 33.9 Å². The number of methoxy groups -OCH3 is 1. The van der Waals surface area contributed by atoms with Crippen LogP contribution in [0.2, 0.25) is 0 Å². The van der Waals surface area contributed by atoms with E-state index in [1.807, 2.05) is 0 Å². The minimum absolute atomic E-state index is 0.129. The number of piperidine rings is 1. The number of hydrogen-bond donors (Lipinski definition) is 1. The van der Waals surface area contributed by atoms with Crippen LogP contribution < -0.4 is 10.1 Å². The van der Waals surface area contributed by atoms with Crippen molar-refractivity contribution in [3.63, 3.8) is 0 Å². The molecule has 114 valence electrons. The molecule has 0 bridgehead atoms. The molecular weight excluding hydrogens is 270 g/mol. The Kier molecular flexibility index (Phi) is 4.07. The zero-order chi connectivity index (χ0) is 14.8. The number of likely N-dealkylation sites (tertiary alicyclic amines) is 1. The van der Waals surface area contributed by atoms with Crippen LogP contribution >= 0.6 is 0 Å². The van der Waals surface area contributed by atoms with Gasteiger partial charge in [-0.2, -0.15) is 0 Å². The van der Waals surface area contributed by atoms with Gasteiger partial charge in [0, 0.05) is 36.8 Å². The Labute approximate surface area is 124 Å². The Morgan fingerprint density at radius 2 is 2.33 bits per heavy atom. The van der Waals surface area contributed by atoms with Crippen LogP contribution in [0.15, 0.2) is 18.2 Å². The van der Waals surface area contributed by atoms with E-state index >= 15 is 0 Å². The van der Waals surface area contributed by atoms with Gasteiger partial charge in [-0.05, 0) is 37.9 Å². The molecule has 2 aliphatic heterocycles. The molecule has 2 unspecified atom stereocenters. The van der Waals surface area contributed by atoms with E-state index in [1.165, 1.54) is 18.9 Å². The van der Waals surface area contributed by atoms with E-state index in [-0.39, 0.29) is 10.6 Å². The summed E-state index contributed by atoms with van der Waals surface area (Å²) in [6.07, 6.45) is 2.47. The van der Waals surface area contributed by atoms with E-state index in [0.717, 1.165) is 30.9 Å². The average molecular weight is 291 g/mol. The first-order valence-corrected chi connectivity index (χ1v) is 7.45. The zero-order valence-corrected chi connectivity index (χ0v) is 12.2. The quantitative estimate of drug-likeness (QED) is 0.676. The first-order chi connectivity index (χ1) is 10.2. The van der Waals surface area contributed by atoms with Crippen molar-refractivity contribution in [1.29, 1.82) is 0 Å². The number of benzene rings is 1. The number of hydrogen-bond acceptors (Lipinski definition) is 5. The number of rotatable bonds is 4. The first kappa shape index (κ1) is 14.3. The number of fused-ring (bicyclic) bond motifs is 1. The third-order valence-electron chi connectivity index (χ3n) is 4.64. The van der Waals surface area contributed by atoms with E-state index < -0.39 is 0 Å². The van der Waals surface area contributed by atoms with Crippen LogP contribution in [0.25, 0.3) is 0 Å². The van der Waals surface area contributed by atoms with Crippen LogP contribution in [-0.4, -0.2) is 42.6 Å². The minimum Gasteiger partial charge on any atom is -0.496 e. The summed E-state index contributed by atoms with van der Waals surface area (Å²) in [6, 6.07) is 5.38. The summed E-state index contributed by atoms with van der Waals surface area (Å²) >= 11 is 0. The highest BCUT2D eigenvalue weighted by Crippen LogP contribution is 2.31. The Morgan fingerprint density at radius 3 is 3.10 bits per heavy atom. The molecule has 0 spiro atoms. The third kappa shape index (κ3) is 2.87. The molecule has 6 nitrogen and oxygen atoms in total. The second-order valence-electron chi connectivity index (χ2n) is 5.85. The Morgan fingerprint density at radius 1 is 1.48 bits per heavy atom. The normalized spacial score (nSPS) is 25.6. The van der Waals surface area contributed by atoms with Gasteiger partial charge in [0.1, 0.15) is 5.75 Å². The predicted octanol–water partition coefficient (Wildman–Crippen LogP) is 1.79. The van der Waals surface area contributed by atoms with Crippen molar-refractivity contribution < 1.29 is 9.66 Å². The molecule has 2 fully saturated rings. The number of non-ortho nitro benzene ring substituents is 1. The van der Waals surface area contributed by atoms with Gasteiger partial charge in [-0.1, -0.05) is 0 Å². The second-order valence-corrected chi connectivity index (χ2v) is 5.85. The van der Waals surface area contributed by atoms with E-state index in [0.29, 0.717) is 18.5 Å². The largest absolute Gasteiger partial charge is 0.496 e. The van der Waals surface area contributed by atoms with Crippen molar-refractivity contribution in [2.45, 2.75) is 25.4 Å². The van der Waals surface area contributed by atoms with Crippen LogP contribution in [0.1, 0.15) is 18.4 Å². The minimum atomic E-state index is -0.348. The van der Waals surface area contributed by atoms with Crippen molar-refractivity contribution in [2.75, 3.05) is 26.7 Å². The Hall–Kier alpha value is -1.66. The maximum Gasteiger partial charge on any atom is 0.270 e. The molecule has 21 heavy (non-hydrogen) atoms.